The van der Waals surface area contributed by atoms with Crippen LogP contribution in [-0.2, 0) is 24.9 Å². The van der Waals surface area contributed by atoms with E-state index in [0.29, 0.717) is 6.54 Å². The number of benzene rings is 1. The van der Waals surface area contributed by atoms with Crippen molar-refractivity contribution >= 4 is 5.91 Å². The molecule has 0 atom stereocenters. The largest absolute Gasteiger partial charge is 0.350 e. The van der Waals surface area contributed by atoms with E-state index < -0.39 is 0 Å². The molecule has 0 unspecified atom stereocenters. The van der Waals surface area contributed by atoms with E-state index in [-0.39, 0.29) is 18.1 Å². The first-order chi connectivity index (χ1) is 9.06. The van der Waals surface area contributed by atoms with Crippen molar-refractivity contribution in [3.63, 3.8) is 0 Å². The van der Waals surface area contributed by atoms with Crippen LogP contribution in [0.3, 0.4) is 0 Å². The number of amides is 1. The molecule has 0 aliphatic heterocycles. The van der Waals surface area contributed by atoms with Gasteiger partial charge in [-0.05, 0) is 12.5 Å². The molecule has 19 heavy (non-hydrogen) atoms. The summed E-state index contributed by atoms with van der Waals surface area (Å²) in [5.41, 5.74) is 1.88. The summed E-state index contributed by atoms with van der Waals surface area (Å²) in [5.74, 6) is -0.234. The molecule has 0 aliphatic rings. The third-order valence-corrected chi connectivity index (χ3v) is 2.75. The zero-order chi connectivity index (χ0) is 13.8. The second-order valence-electron chi connectivity index (χ2n) is 4.45. The molecule has 1 aromatic heterocycles. The molecule has 0 aliphatic carbocycles. The highest BCUT2D eigenvalue weighted by molar-refractivity contribution is 5.75. The van der Waals surface area contributed by atoms with Crippen LogP contribution in [0.2, 0.25) is 0 Å². The predicted molar refractivity (Wildman–Crippen MR) is 70.5 cm³/mol. The summed E-state index contributed by atoms with van der Waals surface area (Å²) in [6, 6.07) is 7.90. The monoisotopic (exact) mass is 260 g/mol. The van der Waals surface area contributed by atoms with E-state index in [9.17, 15) is 9.59 Å². The zero-order valence-corrected chi connectivity index (χ0v) is 11.0. The molecule has 1 amide bonds. The van der Waals surface area contributed by atoms with Gasteiger partial charge in [0.15, 0.2) is 0 Å². The summed E-state index contributed by atoms with van der Waals surface area (Å²) >= 11 is 0. The van der Waals surface area contributed by atoms with Crippen molar-refractivity contribution in [1.82, 2.24) is 19.7 Å². The Bertz CT molecular complexity index is 642. The Morgan fingerprint density at radius 1 is 1.42 bits per heavy atom. The highest BCUT2D eigenvalue weighted by Gasteiger charge is 2.07. The topological polar surface area (TPSA) is 68.9 Å². The fourth-order valence-electron chi connectivity index (χ4n) is 1.74. The molecular formula is C13H16N4O2. The van der Waals surface area contributed by atoms with Gasteiger partial charge in [0, 0.05) is 13.6 Å². The molecule has 1 aromatic carbocycles. The Hall–Kier alpha value is -2.37. The van der Waals surface area contributed by atoms with Crippen LogP contribution in [0.1, 0.15) is 11.1 Å². The first kappa shape index (κ1) is 13.1. The van der Waals surface area contributed by atoms with Gasteiger partial charge in [0.2, 0.25) is 5.91 Å². The fourth-order valence-corrected chi connectivity index (χ4v) is 1.74. The molecular weight excluding hydrogens is 244 g/mol. The quantitative estimate of drug-likeness (QED) is 0.854. The van der Waals surface area contributed by atoms with Crippen molar-refractivity contribution in [2.45, 2.75) is 20.0 Å². The van der Waals surface area contributed by atoms with Crippen molar-refractivity contribution < 1.29 is 4.79 Å². The Labute approximate surface area is 110 Å². The molecule has 0 saturated heterocycles. The lowest BCUT2D eigenvalue weighted by atomic mass is 10.1. The van der Waals surface area contributed by atoms with Crippen molar-refractivity contribution in [2.24, 2.45) is 7.05 Å². The van der Waals surface area contributed by atoms with E-state index in [1.54, 1.807) is 7.05 Å². The summed E-state index contributed by atoms with van der Waals surface area (Å²) < 4.78 is 2.46. The van der Waals surface area contributed by atoms with E-state index in [1.807, 2.05) is 31.2 Å². The first-order valence-electron chi connectivity index (χ1n) is 5.97. The summed E-state index contributed by atoms with van der Waals surface area (Å²) in [6.07, 6.45) is 1.39. The SMILES string of the molecule is Cc1cccc(CNC(=O)Cn2ncn(C)c2=O)c1. The van der Waals surface area contributed by atoms with Gasteiger partial charge < -0.3 is 5.32 Å². The standard InChI is InChI=1S/C13H16N4O2/c1-10-4-3-5-11(6-10)7-14-12(18)8-17-13(19)16(2)9-15-17/h3-6,9H,7-8H2,1-2H3,(H,14,18). The van der Waals surface area contributed by atoms with Crippen molar-refractivity contribution in [2.75, 3.05) is 0 Å². The number of aryl methyl sites for hydroxylation is 2. The van der Waals surface area contributed by atoms with Crippen LogP contribution in [0.5, 0.6) is 0 Å². The number of carbonyl (C=O) groups is 1. The van der Waals surface area contributed by atoms with E-state index in [1.165, 1.54) is 10.9 Å². The number of nitrogens with zero attached hydrogens (tertiary/aromatic N) is 3. The van der Waals surface area contributed by atoms with Crippen molar-refractivity contribution in [1.29, 1.82) is 0 Å². The van der Waals surface area contributed by atoms with E-state index in [2.05, 4.69) is 10.4 Å². The molecule has 0 fully saturated rings. The Morgan fingerprint density at radius 3 is 2.84 bits per heavy atom. The average Bonchev–Trinajstić information content (AvgIpc) is 2.69. The van der Waals surface area contributed by atoms with Crippen LogP contribution in [0.15, 0.2) is 35.4 Å². The number of nitrogens with one attached hydrogen (secondary N) is 1. The second kappa shape index (κ2) is 5.51. The molecule has 0 saturated carbocycles. The molecule has 1 N–H and O–H groups in total. The van der Waals surface area contributed by atoms with Crippen molar-refractivity contribution in [3.05, 3.63) is 52.2 Å². The maximum absolute atomic E-state index is 11.7. The molecule has 2 rings (SSSR count). The normalized spacial score (nSPS) is 10.4. The van der Waals surface area contributed by atoms with Gasteiger partial charge in [-0.1, -0.05) is 29.8 Å². The van der Waals surface area contributed by atoms with Crippen LogP contribution < -0.4 is 11.0 Å². The lowest BCUT2D eigenvalue weighted by Crippen LogP contribution is -2.33. The van der Waals surface area contributed by atoms with Gasteiger partial charge in [-0.15, -0.1) is 0 Å². The van der Waals surface area contributed by atoms with E-state index in [0.717, 1.165) is 15.8 Å². The molecule has 100 valence electrons. The van der Waals surface area contributed by atoms with Gasteiger partial charge in [-0.25, -0.2) is 9.48 Å². The second-order valence-corrected chi connectivity index (χ2v) is 4.45. The van der Waals surface area contributed by atoms with Gasteiger partial charge in [-0.2, -0.15) is 5.10 Å². The maximum atomic E-state index is 11.7. The van der Waals surface area contributed by atoms with E-state index in [4.69, 9.17) is 0 Å². The third kappa shape index (κ3) is 3.31. The Morgan fingerprint density at radius 2 is 2.21 bits per heavy atom. The van der Waals surface area contributed by atoms with Crippen LogP contribution in [0.25, 0.3) is 0 Å². The molecule has 6 nitrogen and oxygen atoms in total. The molecule has 2 aromatic rings. The minimum atomic E-state index is -0.300. The summed E-state index contributed by atoms with van der Waals surface area (Å²) in [7, 11) is 1.59. The minimum absolute atomic E-state index is 0.0640. The Balaban J connectivity index is 1.92. The number of carbonyl (C=O) groups excluding carboxylic acids is 1. The number of aromatic nitrogens is 3. The predicted octanol–water partition coefficient (Wildman–Crippen LogP) is 0.207. The van der Waals surface area contributed by atoms with Gasteiger partial charge >= 0.3 is 5.69 Å². The summed E-state index contributed by atoms with van der Waals surface area (Å²) in [6.45, 7) is 2.38. The first-order valence-corrected chi connectivity index (χ1v) is 5.97. The van der Waals surface area contributed by atoms with Crippen LogP contribution in [0, 0.1) is 6.92 Å². The number of hydrogen-bond donors (Lipinski definition) is 1. The average molecular weight is 260 g/mol. The lowest BCUT2D eigenvalue weighted by molar-refractivity contribution is -0.122. The lowest BCUT2D eigenvalue weighted by Gasteiger charge is -2.05. The molecule has 0 radical (unpaired) electrons. The number of rotatable bonds is 4. The van der Waals surface area contributed by atoms with Gasteiger partial charge in [0.1, 0.15) is 12.9 Å². The molecule has 0 spiro atoms. The Kier molecular flexibility index (Phi) is 3.79. The highest BCUT2D eigenvalue weighted by Crippen LogP contribution is 2.02. The maximum Gasteiger partial charge on any atom is 0.345 e. The zero-order valence-electron chi connectivity index (χ0n) is 11.0. The fraction of sp³-hybridized carbons (Fsp3) is 0.308. The smallest absolute Gasteiger partial charge is 0.345 e. The third-order valence-electron chi connectivity index (χ3n) is 2.75. The van der Waals surface area contributed by atoms with Gasteiger partial charge in [0.25, 0.3) is 0 Å². The molecule has 6 heteroatoms. The minimum Gasteiger partial charge on any atom is -0.350 e. The van der Waals surface area contributed by atoms with E-state index >= 15 is 0 Å². The van der Waals surface area contributed by atoms with Crippen LogP contribution in [0.4, 0.5) is 0 Å². The van der Waals surface area contributed by atoms with Gasteiger partial charge in [-0.3, -0.25) is 9.36 Å². The summed E-state index contributed by atoms with van der Waals surface area (Å²) in [4.78, 5) is 23.2. The van der Waals surface area contributed by atoms with Crippen LogP contribution in [-0.4, -0.2) is 20.3 Å². The van der Waals surface area contributed by atoms with Gasteiger partial charge in [0.05, 0.1) is 0 Å². The molecule has 1 heterocycles. The highest BCUT2D eigenvalue weighted by atomic mass is 16.2. The van der Waals surface area contributed by atoms with Crippen LogP contribution >= 0.6 is 0 Å². The summed E-state index contributed by atoms with van der Waals surface area (Å²) in [5, 5.41) is 6.59. The van der Waals surface area contributed by atoms with Crippen molar-refractivity contribution in [3.8, 4) is 0 Å². The number of hydrogen-bond acceptors (Lipinski definition) is 3. The molecule has 0 bridgehead atoms.